The third-order valence-electron chi connectivity index (χ3n) is 3.14. The van der Waals surface area contributed by atoms with E-state index in [4.69, 9.17) is 11.6 Å². The molecule has 1 fully saturated rings. The lowest BCUT2D eigenvalue weighted by Crippen LogP contribution is -2.22. The summed E-state index contributed by atoms with van der Waals surface area (Å²) in [6.45, 7) is 2.18. The van der Waals surface area contributed by atoms with Crippen molar-refractivity contribution in [2.75, 3.05) is 24.3 Å². The molecule has 1 aliphatic carbocycles. The second-order valence-corrected chi connectivity index (χ2v) is 5.39. The second-order valence-electron chi connectivity index (χ2n) is 5.05. The summed E-state index contributed by atoms with van der Waals surface area (Å²) in [6.07, 6.45) is 4.98. The van der Waals surface area contributed by atoms with Gasteiger partial charge >= 0.3 is 0 Å². The maximum absolute atomic E-state index is 5.91. The molecule has 0 aliphatic heterocycles. The fourth-order valence-electron chi connectivity index (χ4n) is 1.87. The van der Waals surface area contributed by atoms with Gasteiger partial charge < -0.3 is 10.2 Å². The fraction of sp³-hybridized carbons (Fsp3) is 0.750. The topological polar surface area (TPSA) is 53.9 Å². The van der Waals surface area contributed by atoms with E-state index in [1.165, 1.54) is 19.3 Å². The lowest BCUT2D eigenvalue weighted by molar-refractivity contribution is 0.582. The van der Waals surface area contributed by atoms with Gasteiger partial charge in [0, 0.05) is 20.1 Å². The molecule has 1 saturated carbocycles. The van der Waals surface area contributed by atoms with Crippen LogP contribution in [0.2, 0.25) is 5.28 Å². The highest BCUT2D eigenvalue weighted by molar-refractivity contribution is 6.28. The Morgan fingerprint density at radius 2 is 2.06 bits per heavy atom. The van der Waals surface area contributed by atoms with Crippen LogP contribution in [0, 0.1) is 5.92 Å². The summed E-state index contributed by atoms with van der Waals surface area (Å²) < 4.78 is 0. The standard InChI is InChI=1S/C12H20ClN5/c1-4-9(7-8-5-6-8)14-11-15-10(13)16-12(17-11)18(2)3/h8-9H,4-7H2,1-3H3,(H,14,15,16,17). The fourth-order valence-corrected chi connectivity index (χ4v) is 2.03. The van der Waals surface area contributed by atoms with Crippen LogP contribution in [0.25, 0.3) is 0 Å². The van der Waals surface area contributed by atoms with Crippen molar-refractivity contribution in [2.24, 2.45) is 5.92 Å². The van der Waals surface area contributed by atoms with Gasteiger partial charge in [-0.05, 0) is 30.4 Å². The number of hydrogen-bond acceptors (Lipinski definition) is 5. The molecule has 0 aromatic carbocycles. The van der Waals surface area contributed by atoms with E-state index in [0.717, 1.165) is 12.3 Å². The largest absolute Gasteiger partial charge is 0.351 e. The van der Waals surface area contributed by atoms with Crippen LogP contribution in [-0.2, 0) is 0 Å². The molecule has 6 heteroatoms. The quantitative estimate of drug-likeness (QED) is 0.860. The lowest BCUT2D eigenvalue weighted by Gasteiger charge is -2.18. The van der Waals surface area contributed by atoms with E-state index in [1.54, 1.807) is 0 Å². The molecule has 0 radical (unpaired) electrons. The zero-order valence-corrected chi connectivity index (χ0v) is 11.9. The molecule has 0 saturated heterocycles. The Hall–Kier alpha value is -1.10. The Labute approximate surface area is 113 Å². The van der Waals surface area contributed by atoms with Crippen molar-refractivity contribution in [3.05, 3.63) is 5.28 Å². The van der Waals surface area contributed by atoms with Gasteiger partial charge in [0.05, 0.1) is 0 Å². The summed E-state index contributed by atoms with van der Waals surface area (Å²) in [5, 5.41) is 3.60. The molecule has 100 valence electrons. The molecule has 18 heavy (non-hydrogen) atoms. The van der Waals surface area contributed by atoms with E-state index in [9.17, 15) is 0 Å². The number of nitrogens with zero attached hydrogens (tertiary/aromatic N) is 4. The molecular weight excluding hydrogens is 250 g/mol. The van der Waals surface area contributed by atoms with Crippen LogP contribution in [-0.4, -0.2) is 35.1 Å². The zero-order chi connectivity index (χ0) is 13.1. The highest BCUT2D eigenvalue weighted by Gasteiger charge is 2.25. The maximum atomic E-state index is 5.91. The zero-order valence-electron chi connectivity index (χ0n) is 11.1. The molecule has 1 atom stereocenters. The number of nitrogens with one attached hydrogen (secondary N) is 1. The van der Waals surface area contributed by atoms with Gasteiger partial charge in [0.2, 0.25) is 17.2 Å². The van der Waals surface area contributed by atoms with Crippen molar-refractivity contribution in [3.8, 4) is 0 Å². The second kappa shape index (κ2) is 5.69. The van der Waals surface area contributed by atoms with Gasteiger partial charge in [0.15, 0.2) is 0 Å². The number of halogens is 1. The van der Waals surface area contributed by atoms with Gasteiger partial charge in [-0.25, -0.2) is 0 Å². The van der Waals surface area contributed by atoms with Crippen molar-refractivity contribution < 1.29 is 0 Å². The van der Waals surface area contributed by atoms with Gasteiger partial charge in [-0.1, -0.05) is 19.8 Å². The first kappa shape index (κ1) is 13.3. The molecule has 0 amide bonds. The SMILES string of the molecule is CCC(CC1CC1)Nc1nc(Cl)nc(N(C)C)n1. The molecule has 1 aromatic heterocycles. The Morgan fingerprint density at radius 3 is 2.61 bits per heavy atom. The Morgan fingerprint density at radius 1 is 1.33 bits per heavy atom. The molecule has 1 N–H and O–H groups in total. The number of rotatable bonds is 6. The lowest BCUT2D eigenvalue weighted by atomic mass is 10.1. The molecule has 5 nitrogen and oxygen atoms in total. The van der Waals surface area contributed by atoms with Gasteiger partial charge in [0.25, 0.3) is 0 Å². The minimum Gasteiger partial charge on any atom is -0.351 e. The van der Waals surface area contributed by atoms with Crippen molar-refractivity contribution >= 4 is 23.5 Å². The van der Waals surface area contributed by atoms with Gasteiger partial charge in [-0.2, -0.15) is 15.0 Å². The molecule has 1 aromatic rings. The summed E-state index contributed by atoms with van der Waals surface area (Å²) in [7, 11) is 3.77. The van der Waals surface area contributed by atoms with Crippen LogP contribution in [0.5, 0.6) is 0 Å². The van der Waals surface area contributed by atoms with Crippen LogP contribution < -0.4 is 10.2 Å². The average molecular weight is 270 g/mol. The van der Waals surface area contributed by atoms with Crippen LogP contribution in [0.15, 0.2) is 0 Å². The highest BCUT2D eigenvalue weighted by atomic mass is 35.5. The monoisotopic (exact) mass is 269 g/mol. The normalized spacial score (nSPS) is 16.4. The first-order chi connectivity index (χ1) is 8.58. The predicted molar refractivity (Wildman–Crippen MR) is 74.2 cm³/mol. The van der Waals surface area contributed by atoms with Crippen LogP contribution in [0.1, 0.15) is 32.6 Å². The summed E-state index contributed by atoms with van der Waals surface area (Å²) in [6, 6.07) is 0.422. The summed E-state index contributed by atoms with van der Waals surface area (Å²) in [4.78, 5) is 14.4. The summed E-state index contributed by atoms with van der Waals surface area (Å²) >= 11 is 5.91. The third kappa shape index (κ3) is 3.70. The third-order valence-corrected chi connectivity index (χ3v) is 3.31. The molecule has 1 heterocycles. The number of hydrogen-bond donors (Lipinski definition) is 1. The van der Waals surface area contributed by atoms with E-state index in [0.29, 0.717) is 17.9 Å². The van der Waals surface area contributed by atoms with E-state index < -0.39 is 0 Å². The van der Waals surface area contributed by atoms with Gasteiger partial charge in [-0.3, -0.25) is 0 Å². The summed E-state index contributed by atoms with van der Waals surface area (Å²) in [5.74, 6) is 2.04. The first-order valence-corrected chi connectivity index (χ1v) is 6.81. The molecule has 0 spiro atoms. The van der Waals surface area contributed by atoms with Crippen molar-refractivity contribution in [1.29, 1.82) is 0 Å². The predicted octanol–water partition coefficient (Wildman–Crippen LogP) is 2.58. The van der Waals surface area contributed by atoms with Crippen molar-refractivity contribution in [1.82, 2.24) is 15.0 Å². The summed E-state index contributed by atoms with van der Waals surface area (Å²) in [5.41, 5.74) is 0. The number of aromatic nitrogens is 3. The Bertz CT molecular complexity index is 405. The Kier molecular flexibility index (Phi) is 4.22. The molecule has 1 unspecified atom stereocenters. The highest BCUT2D eigenvalue weighted by Crippen LogP contribution is 2.34. The van der Waals surface area contributed by atoms with E-state index in [1.807, 2.05) is 19.0 Å². The molecule has 1 aliphatic rings. The first-order valence-electron chi connectivity index (χ1n) is 6.44. The Balaban J connectivity index is 2.06. The molecule has 2 rings (SSSR count). The van der Waals surface area contributed by atoms with Crippen molar-refractivity contribution in [3.63, 3.8) is 0 Å². The van der Waals surface area contributed by atoms with Crippen LogP contribution in [0.4, 0.5) is 11.9 Å². The maximum Gasteiger partial charge on any atom is 0.230 e. The van der Waals surface area contributed by atoms with E-state index in [-0.39, 0.29) is 5.28 Å². The molecular formula is C12H20ClN5. The van der Waals surface area contributed by atoms with Crippen LogP contribution >= 0.6 is 11.6 Å². The van der Waals surface area contributed by atoms with Gasteiger partial charge in [0.1, 0.15) is 0 Å². The smallest absolute Gasteiger partial charge is 0.230 e. The van der Waals surface area contributed by atoms with Gasteiger partial charge in [-0.15, -0.1) is 0 Å². The average Bonchev–Trinajstić information content (AvgIpc) is 3.11. The van der Waals surface area contributed by atoms with E-state index >= 15 is 0 Å². The van der Waals surface area contributed by atoms with Crippen LogP contribution in [0.3, 0.4) is 0 Å². The van der Waals surface area contributed by atoms with Crippen molar-refractivity contribution in [2.45, 2.75) is 38.6 Å². The molecule has 0 bridgehead atoms. The number of anilines is 2. The van der Waals surface area contributed by atoms with E-state index in [2.05, 4.69) is 27.2 Å². The minimum atomic E-state index is 0.234. The minimum absolute atomic E-state index is 0.234.